The van der Waals surface area contributed by atoms with E-state index in [0.29, 0.717) is 18.1 Å². The Kier molecular flexibility index (Phi) is 5.61. The molecule has 0 N–H and O–H groups in total. The smallest absolute Gasteiger partial charge is 0.309 e. The van der Waals surface area contributed by atoms with Crippen LogP contribution in [0.4, 0.5) is 0 Å². The molecule has 4 aliphatic rings. The van der Waals surface area contributed by atoms with Gasteiger partial charge in [0.05, 0.1) is 18.1 Å². The van der Waals surface area contributed by atoms with Gasteiger partial charge < -0.3 is 9.47 Å². The van der Waals surface area contributed by atoms with E-state index in [1.165, 1.54) is 6.42 Å². The van der Waals surface area contributed by atoms with Crippen molar-refractivity contribution >= 4 is 17.7 Å². The van der Waals surface area contributed by atoms with Crippen LogP contribution in [0.1, 0.15) is 64.0 Å². The van der Waals surface area contributed by atoms with Crippen LogP contribution in [0.2, 0.25) is 0 Å². The molecule has 0 aromatic heterocycles. The summed E-state index contributed by atoms with van der Waals surface area (Å²) in [7, 11) is 0. The molecule has 5 rings (SSSR count). The van der Waals surface area contributed by atoms with Gasteiger partial charge >= 0.3 is 5.97 Å². The minimum atomic E-state index is -0.103. The molecule has 4 heteroatoms. The predicted octanol–water partition coefficient (Wildman–Crippen LogP) is 5.15. The molecular formula is C22H30O3S. The van der Waals surface area contributed by atoms with Crippen molar-refractivity contribution in [3.63, 3.8) is 0 Å². The van der Waals surface area contributed by atoms with E-state index in [0.717, 1.165) is 48.2 Å². The van der Waals surface area contributed by atoms with Crippen LogP contribution in [0.15, 0.2) is 30.3 Å². The Morgan fingerprint density at radius 3 is 2.58 bits per heavy atom. The van der Waals surface area contributed by atoms with Gasteiger partial charge in [-0.1, -0.05) is 44.2 Å². The summed E-state index contributed by atoms with van der Waals surface area (Å²) in [4.78, 5) is 12.8. The summed E-state index contributed by atoms with van der Waals surface area (Å²) in [6, 6.07) is 10.3. The lowest BCUT2D eigenvalue weighted by atomic mass is 9.82. The number of rotatable bonds is 4. The Labute approximate surface area is 161 Å². The van der Waals surface area contributed by atoms with E-state index in [1.54, 1.807) is 0 Å². The summed E-state index contributed by atoms with van der Waals surface area (Å²) in [5, 5.41) is 1.56. The molecule has 4 fully saturated rings. The highest BCUT2D eigenvalue weighted by molar-refractivity contribution is 8.07. The highest BCUT2D eigenvalue weighted by atomic mass is 32.2. The number of thioether (sulfide) groups is 1. The molecule has 0 radical (unpaired) electrons. The van der Waals surface area contributed by atoms with Crippen molar-refractivity contribution in [3.8, 4) is 0 Å². The summed E-state index contributed by atoms with van der Waals surface area (Å²) in [6.45, 7) is 4.00. The summed E-state index contributed by atoms with van der Waals surface area (Å²) in [5.41, 5.74) is 1.14. The topological polar surface area (TPSA) is 38.8 Å². The van der Waals surface area contributed by atoms with Crippen molar-refractivity contribution in [2.45, 2.75) is 81.2 Å². The fraction of sp³-hybridized carbons (Fsp3) is 0.682. The van der Waals surface area contributed by atoms with Crippen LogP contribution in [-0.4, -0.2) is 28.7 Å². The molecule has 3 nitrogen and oxygen atoms in total. The zero-order valence-corrected chi connectivity index (χ0v) is 16.6. The molecule has 26 heavy (non-hydrogen) atoms. The molecule has 0 amide bonds. The first-order valence-corrected chi connectivity index (χ1v) is 11.3. The van der Waals surface area contributed by atoms with Crippen LogP contribution in [0.3, 0.4) is 0 Å². The van der Waals surface area contributed by atoms with E-state index in [9.17, 15) is 4.79 Å². The fourth-order valence-corrected chi connectivity index (χ4v) is 5.85. The first kappa shape index (κ1) is 18.4. The van der Waals surface area contributed by atoms with E-state index < -0.39 is 0 Å². The maximum Gasteiger partial charge on any atom is 0.309 e. The Hall–Kier alpha value is -1.00. The van der Waals surface area contributed by atoms with E-state index in [1.807, 2.05) is 43.8 Å². The molecule has 7 unspecified atom stereocenters. The maximum atomic E-state index is 12.8. The third kappa shape index (κ3) is 3.96. The van der Waals surface area contributed by atoms with Crippen LogP contribution in [-0.2, 0) is 14.3 Å². The SMILES string of the molecule is CC.O=C(OC(c1ccccc1)C1CCC2OC2C1)C1CCC2SC2C1. The Morgan fingerprint density at radius 2 is 1.85 bits per heavy atom. The van der Waals surface area contributed by atoms with Gasteiger partial charge in [0, 0.05) is 16.4 Å². The predicted molar refractivity (Wildman–Crippen MR) is 105 cm³/mol. The van der Waals surface area contributed by atoms with Crippen LogP contribution < -0.4 is 0 Å². The number of carbonyl (C=O) groups excluding carboxylic acids is 1. The van der Waals surface area contributed by atoms with Crippen molar-refractivity contribution in [2.24, 2.45) is 11.8 Å². The van der Waals surface area contributed by atoms with E-state index in [4.69, 9.17) is 9.47 Å². The Balaban J connectivity index is 0.000000814. The summed E-state index contributed by atoms with van der Waals surface area (Å²) < 4.78 is 11.8. The minimum absolute atomic E-state index is 0.0358. The maximum absolute atomic E-state index is 12.8. The zero-order chi connectivity index (χ0) is 18.1. The lowest BCUT2D eigenvalue weighted by molar-refractivity contribution is -0.159. The minimum Gasteiger partial charge on any atom is -0.457 e. The van der Waals surface area contributed by atoms with E-state index in [2.05, 4.69) is 12.1 Å². The highest BCUT2D eigenvalue weighted by Gasteiger charge is 2.48. The van der Waals surface area contributed by atoms with Crippen molar-refractivity contribution in [3.05, 3.63) is 35.9 Å². The molecule has 2 saturated carbocycles. The molecular weight excluding hydrogens is 344 g/mol. The van der Waals surface area contributed by atoms with Crippen molar-refractivity contribution in [2.75, 3.05) is 0 Å². The molecule has 2 aliphatic heterocycles. The van der Waals surface area contributed by atoms with Gasteiger partial charge in [0.15, 0.2) is 0 Å². The first-order valence-electron chi connectivity index (χ1n) is 10.3. The second-order valence-corrected chi connectivity index (χ2v) is 9.26. The average molecular weight is 375 g/mol. The lowest BCUT2D eigenvalue weighted by Crippen LogP contribution is -2.29. The summed E-state index contributed by atoms with van der Waals surface area (Å²) >= 11 is 2.05. The third-order valence-corrected chi connectivity index (χ3v) is 7.65. The highest BCUT2D eigenvalue weighted by Crippen LogP contribution is 2.53. The number of esters is 1. The molecule has 2 aliphatic carbocycles. The number of ether oxygens (including phenoxy) is 2. The zero-order valence-electron chi connectivity index (χ0n) is 15.8. The van der Waals surface area contributed by atoms with Crippen LogP contribution in [0.5, 0.6) is 0 Å². The van der Waals surface area contributed by atoms with Crippen molar-refractivity contribution in [1.29, 1.82) is 0 Å². The fourth-order valence-electron chi connectivity index (χ4n) is 4.63. The van der Waals surface area contributed by atoms with Crippen molar-refractivity contribution in [1.82, 2.24) is 0 Å². The summed E-state index contributed by atoms with van der Waals surface area (Å²) in [6.07, 6.45) is 7.24. The summed E-state index contributed by atoms with van der Waals surface area (Å²) in [5.74, 6) is 0.543. The largest absolute Gasteiger partial charge is 0.457 e. The lowest BCUT2D eigenvalue weighted by Gasteiger charge is -2.30. The Morgan fingerprint density at radius 1 is 1.04 bits per heavy atom. The van der Waals surface area contributed by atoms with Crippen LogP contribution >= 0.6 is 11.8 Å². The Bertz CT molecular complexity index is 619. The molecule has 2 saturated heterocycles. The van der Waals surface area contributed by atoms with Crippen LogP contribution in [0, 0.1) is 11.8 Å². The van der Waals surface area contributed by atoms with Gasteiger partial charge in [0.1, 0.15) is 6.10 Å². The van der Waals surface area contributed by atoms with Gasteiger partial charge in [-0.2, -0.15) is 11.8 Å². The quantitative estimate of drug-likeness (QED) is 0.540. The van der Waals surface area contributed by atoms with Crippen LogP contribution in [0.25, 0.3) is 0 Å². The second kappa shape index (κ2) is 7.93. The number of carbonyl (C=O) groups is 1. The molecule has 2 heterocycles. The van der Waals surface area contributed by atoms with Crippen molar-refractivity contribution < 1.29 is 14.3 Å². The standard InChI is InChI=1S/C20H24O3S.C2H6/c21-20(14-7-9-17-18(11-14)24-17)23-19(12-4-2-1-3-5-12)13-6-8-15-16(10-13)22-15;1-2/h1-5,13-19H,6-11H2;1-2H3. The number of epoxide rings is 1. The molecule has 1 aromatic rings. The number of fused-ring (bicyclic) bond motifs is 2. The number of hydrogen-bond acceptors (Lipinski definition) is 4. The van der Waals surface area contributed by atoms with Gasteiger partial charge in [0.2, 0.25) is 0 Å². The van der Waals surface area contributed by atoms with Gasteiger partial charge in [-0.05, 0) is 44.1 Å². The third-order valence-electron chi connectivity index (χ3n) is 6.18. The monoisotopic (exact) mass is 374 g/mol. The molecule has 7 atom stereocenters. The van der Waals surface area contributed by atoms with Gasteiger partial charge in [-0.15, -0.1) is 0 Å². The van der Waals surface area contributed by atoms with Gasteiger partial charge in [-0.25, -0.2) is 0 Å². The number of benzene rings is 1. The average Bonchev–Trinajstić information content (AvgIpc) is 3.61. The van der Waals surface area contributed by atoms with Gasteiger partial charge in [-0.3, -0.25) is 4.79 Å². The molecule has 142 valence electrons. The molecule has 0 bridgehead atoms. The molecule has 0 spiro atoms. The van der Waals surface area contributed by atoms with E-state index in [-0.39, 0.29) is 18.0 Å². The van der Waals surface area contributed by atoms with Gasteiger partial charge in [0.25, 0.3) is 0 Å². The normalized spacial score (nSPS) is 37.9. The number of hydrogen-bond donors (Lipinski definition) is 0. The second-order valence-electron chi connectivity index (χ2n) is 7.78. The van der Waals surface area contributed by atoms with E-state index >= 15 is 0 Å². The first-order chi connectivity index (χ1) is 12.8. The molecule has 1 aromatic carbocycles.